The summed E-state index contributed by atoms with van der Waals surface area (Å²) in [5.41, 5.74) is 1.74. The predicted octanol–water partition coefficient (Wildman–Crippen LogP) is 2.89. The summed E-state index contributed by atoms with van der Waals surface area (Å²) in [7, 11) is 0. The zero-order valence-electron chi connectivity index (χ0n) is 7.76. The molecule has 0 aliphatic rings. The lowest BCUT2D eigenvalue weighted by molar-refractivity contribution is 1.08. The third kappa shape index (κ3) is 1.57. The van der Waals surface area contributed by atoms with Crippen molar-refractivity contribution in [3.63, 3.8) is 0 Å². The molecule has 2 aromatic rings. The van der Waals surface area contributed by atoms with Gasteiger partial charge in [-0.2, -0.15) is 0 Å². The Morgan fingerprint density at radius 3 is 2.93 bits per heavy atom. The van der Waals surface area contributed by atoms with Crippen molar-refractivity contribution in [2.24, 2.45) is 0 Å². The molecule has 0 aliphatic heterocycles. The van der Waals surface area contributed by atoms with Crippen LogP contribution in [0.15, 0.2) is 16.9 Å². The third-order valence-corrected chi connectivity index (χ3v) is 3.70. The number of H-pyrrole nitrogens is 1. The van der Waals surface area contributed by atoms with E-state index in [-0.39, 0.29) is 5.56 Å². The van der Waals surface area contributed by atoms with Crippen LogP contribution in [-0.2, 0) is 12.3 Å². The van der Waals surface area contributed by atoms with Crippen LogP contribution in [-0.4, -0.2) is 4.98 Å². The molecule has 1 N–H and O–H groups in total. The van der Waals surface area contributed by atoms with E-state index < -0.39 is 0 Å². The van der Waals surface area contributed by atoms with Crippen LogP contribution in [0.25, 0.3) is 10.2 Å². The molecule has 14 heavy (non-hydrogen) atoms. The van der Waals surface area contributed by atoms with Gasteiger partial charge in [0.2, 0.25) is 0 Å². The standard InChI is InChI=1S/C10H10ClNOS/c1-2-6-3-9-8(12-10(6)13)4-7(5-11)14-9/h3-4H,2,5H2,1H3,(H,12,13). The minimum Gasteiger partial charge on any atom is -0.321 e. The van der Waals surface area contributed by atoms with Crippen molar-refractivity contribution in [1.82, 2.24) is 4.98 Å². The maximum Gasteiger partial charge on any atom is 0.251 e. The molecule has 0 bridgehead atoms. The zero-order valence-corrected chi connectivity index (χ0v) is 9.34. The maximum atomic E-state index is 11.5. The highest BCUT2D eigenvalue weighted by atomic mass is 35.5. The number of aromatic amines is 1. The van der Waals surface area contributed by atoms with Crippen LogP contribution in [0.5, 0.6) is 0 Å². The summed E-state index contributed by atoms with van der Waals surface area (Å²) >= 11 is 7.36. The SMILES string of the molecule is CCc1cc2sc(CCl)cc2[nH]c1=O. The molecule has 0 atom stereocenters. The molecular weight excluding hydrogens is 218 g/mol. The monoisotopic (exact) mass is 227 g/mol. The highest BCUT2D eigenvalue weighted by molar-refractivity contribution is 7.19. The quantitative estimate of drug-likeness (QED) is 0.787. The number of alkyl halides is 1. The Hall–Kier alpha value is -0.800. The number of halogens is 1. The van der Waals surface area contributed by atoms with Gasteiger partial charge in [0.1, 0.15) is 0 Å². The molecule has 0 aromatic carbocycles. The van der Waals surface area contributed by atoms with E-state index in [1.807, 2.05) is 19.1 Å². The van der Waals surface area contributed by atoms with E-state index in [4.69, 9.17) is 11.6 Å². The summed E-state index contributed by atoms with van der Waals surface area (Å²) in [5, 5.41) is 0. The van der Waals surface area contributed by atoms with Gasteiger partial charge in [-0.3, -0.25) is 4.79 Å². The first-order chi connectivity index (χ1) is 6.74. The average Bonchev–Trinajstić information content (AvgIpc) is 2.58. The molecule has 2 heterocycles. The molecule has 74 valence electrons. The number of hydrogen-bond acceptors (Lipinski definition) is 2. The van der Waals surface area contributed by atoms with E-state index in [0.29, 0.717) is 5.88 Å². The van der Waals surface area contributed by atoms with Gasteiger partial charge in [0.25, 0.3) is 5.56 Å². The first-order valence-electron chi connectivity index (χ1n) is 4.45. The van der Waals surface area contributed by atoms with Gasteiger partial charge < -0.3 is 4.98 Å². The van der Waals surface area contributed by atoms with Gasteiger partial charge in [-0.05, 0) is 18.6 Å². The highest BCUT2D eigenvalue weighted by Gasteiger charge is 2.04. The van der Waals surface area contributed by atoms with Crippen molar-refractivity contribution in [3.8, 4) is 0 Å². The summed E-state index contributed by atoms with van der Waals surface area (Å²) in [4.78, 5) is 15.4. The largest absolute Gasteiger partial charge is 0.321 e. The molecule has 4 heteroatoms. The van der Waals surface area contributed by atoms with Crippen molar-refractivity contribution < 1.29 is 0 Å². The van der Waals surface area contributed by atoms with E-state index in [1.54, 1.807) is 11.3 Å². The summed E-state index contributed by atoms with van der Waals surface area (Å²) < 4.78 is 1.11. The Bertz CT molecular complexity index is 514. The number of pyridine rings is 1. The smallest absolute Gasteiger partial charge is 0.251 e. The third-order valence-electron chi connectivity index (χ3n) is 2.17. The van der Waals surface area contributed by atoms with Crippen molar-refractivity contribution in [2.75, 3.05) is 0 Å². The van der Waals surface area contributed by atoms with Gasteiger partial charge in [-0.25, -0.2) is 0 Å². The van der Waals surface area contributed by atoms with Crippen LogP contribution in [0.4, 0.5) is 0 Å². The van der Waals surface area contributed by atoms with Crippen LogP contribution in [0, 0.1) is 0 Å². The first kappa shape index (κ1) is 9.74. The minimum absolute atomic E-state index is 0.0129. The van der Waals surface area contributed by atoms with Gasteiger partial charge in [0.15, 0.2) is 0 Å². The average molecular weight is 228 g/mol. The Morgan fingerprint density at radius 2 is 2.29 bits per heavy atom. The second-order valence-electron chi connectivity index (χ2n) is 3.10. The van der Waals surface area contributed by atoms with Crippen LogP contribution in [0.1, 0.15) is 17.4 Å². The minimum atomic E-state index is 0.0129. The number of hydrogen-bond donors (Lipinski definition) is 1. The predicted molar refractivity (Wildman–Crippen MR) is 61.4 cm³/mol. The lowest BCUT2D eigenvalue weighted by atomic mass is 10.2. The number of fused-ring (bicyclic) bond motifs is 1. The van der Waals surface area contributed by atoms with Crippen molar-refractivity contribution in [3.05, 3.63) is 32.9 Å². The molecule has 2 rings (SSSR count). The van der Waals surface area contributed by atoms with Crippen molar-refractivity contribution >= 4 is 33.2 Å². The summed E-state index contributed by atoms with van der Waals surface area (Å²) in [5.74, 6) is 0.503. The molecular formula is C10H10ClNOS. The van der Waals surface area contributed by atoms with Crippen molar-refractivity contribution in [1.29, 1.82) is 0 Å². The van der Waals surface area contributed by atoms with Gasteiger partial charge >= 0.3 is 0 Å². The van der Waals surface area contributed by atoms with Crippen LogP contribution >= 0.6 is 22.9 Å². The van der Waals surface area contributed by atoms with E-state index >= 15 is 0 Å². The molecule has 0 unspecified atom stereocenters. The molecule has 2 nitrogen and oxygen atoms in total. The van der Waals surface area contributed by atoms with Gasteiger partial charge in [0.05, 0.1) is 16.1 Å². The molecule has 0 aliphatic carbocycles. The summed E-state index contributed by atoms with van der Waals surface area (Å²) in [6, 6.07) is 3.89. The fourth-order valence-corrected chi connectivity index (χ4v) is 2.59. The molecule has 0 fully saturated rings. The second kappa shape index (κ2) is 3.75. The van der Waals surface area contributed by atoms with E-state index in [0.717, 1.165) is 27.1 Å². The summed E-state index contributed by atoms with van der Waals surface area (Å²) in [6.07, 6.45) is 0.763. The molecule has 0 radical (unpaired) electrons. The lowest BCUT2D eigenvalue weighted by Gasteiger charge is -1.94. The molecule has 0 saturated heterocycles. The molecule has 0 amide bonds. The lowest BCUT2D eigenvalue weighted by Crippen LogP contribution is -2.10. The Labute approximate surface area is 90.5 Å². The fourth-order valence-electron chi connectivity index (χ4n) is 1.42. The second-order valence-corrected chi connectivity index (χ2v) is 4.54. The fraction of sp³-hybridized carbons (Fsp3) is 0.300. The molecule has 0 spiro atoms. The van der Waals surface area contributed by atoms with E-state index in [1.165, 1.54) is 0 Å². The van der Waals surface area contributed by atoms with Gasteiger partial charge in [-0.1, -0.05) is 6.92 Å². The van der Waals surface area contributed by atoms with E-state index in [2.05, 4.69) is 4.98 Å². The molecule has 2 aromatic heterocycles. The van der Waals surface area contributed by atoms with Crippen LogP contribution in [0.3, 0.4) is 0 Å². The first-order valence-corrected chi connectivity index (χ1v) is 5.80. The van der Waals surface area contributed by atoms with E-state index in [9.17, 15) is 4.79 Å². The Kier molecular flexibility index (Phi) is 2.61. The van der Waals surface area contributed by atoms with Crippen LogP contribution in [0.2, 0.25) is 0 Å². The normalized spacial score (nSPS) is 11.0. The number of aromatic nitrogens is 1. The topological polar surface area (TPSA) is 32.9 Å². The zero-order chi connectivity index (χ0) is 10.1. The number of thiophene rings is 1. The Balaban J connectivity index is 2.70. The summed E-state index contributed by atoms with van der Waals surface area (Å²) in [6.45, 7) is 1.98. The number of rotatable bonds is 2. The van der Waals surface area contributed by atoms with Crippen molar-refractivity contribution in [2.45, 2.75) is 19.2 Å². The Morgan fingerprint density at radius 1 is 1.50 bits per heavy atom. The van der Waals surface area contributed by atoms with Crippen LogP contribution < -0.4 is 5.56 Å². The highest BCUT2D eigenvalue weighted by Crippen LogP contribution is 2.24. The van der Waals surface area contributed by atoms with Gasteiger partial charge in [0, 0.05) is 10.4 Å². The number of aryl methyl sites for hydroxylation is 1. The molecule has 0 saturated carbocycles. The van der Waals surface area contributed by atoms with Gasteiger partial charge in [-0.15, -0.1) is 22.9 Å². The maximum absolute atomic E-state index is 11.5. The number of nitrogens with one attached hydrogen (secondary N) is 1.